The number of nitrogens with one attached hydrogen (secondary N) is 1. The number of hydrogen-bond donors (Lipinski definition) is 2. The first-order valence-corrected chi connectivity index (χ1v) is 7.77. The molecule has 4 heteroatoms. The fraction of sp³-hybridized carbons (Fsp3) is 0.333. The Hall–Kier alpha value is -2.20. The van der Waals surface area contributed by atoms with Gasteiger partial charge in [0.15, 0.2) is 5.75 Å². The molecular weight excluding hydrogens is 276 g/mol. The zero-order chi connectivity index (χ0) is 15.4. The molecule has 0 unspecified atom stereocenters. The van der Waals surface area contributed by atoms with Crippen LogP contribution < -0.4 is 15.8 Å². The van der Waals surface area contributed by atoms with E-state index in [1.807, 2.05) is 30.3 Å². The Balaban J connectivity index is 1.92. The number of furan rings is 1. The van der Waals surface area contributed by atoms with Crippen LogP contribution in [-0.4, -0.2) is 20.2 Å². The highest BCUT2D eigenvalue weighted by atomic mass is 16.5. The van der Waals surface area contributed by atoms with Gasteiger partial charge in [0.1, 0.15) is 11.2 Å². The van der Waals surface area contributed by atoms with Gasteiger partial charge in [-0.3, -0.25) is 0 Å². The molecule has 0 aliphatic rings. The molecule has 0 saturated heterocycles. The third kappa shape index (κ3) is 2.74. The van der Waals surface area contributed by atoms with E-state index in [-0.39, 0.29) is 0 Å². The van der Waals surface area contributed by atoms with Gasteiger partial charge in [-0.25, -0.2) is 0 Å². The summed E-state index contributed by atoms with van der Waals surface area (Å²) in [5, 5.41) is 5.58. The van der Waals surface area contributed by atoms with Crippen molar-refractivity contribution in [1.82, 2.24) is 0 Å². The van der Waals surface area contributed by atoms with E-state index in [1.165, 1.54) is 0 Å². The van der Waals surface area contributed by atoms with Gasteiger partial charge in [0.2, 0.25) is 0 Å². The summed E-state index contributed by atoms with van der Waals surface area (Å²) in [6.07, 6.45) is 3.32. The number of methoxy groups -OCH3 is 1. The van der Waals surface area contributed by atoms with Gasteiger partial charge in [-0.05, 0) is 37.6 Å². The molecule has 0 aliphatic heterocycles. The molecule has 4 nitrogen and oxygen atoms in total. The Morgan fingerprint density at radius 3 is 2.73 bits per heavy atom. The number of rotatable bonds is 7. The van der Waals surface area contributed by atoms with Crippen molar-refractivity contribution < 1.29 is 9.15 Å². The zero-order valence-electron chi connectivity index (χ0n) is 12.9. The van der Waals surface area contributed by atoms with E-state index in [4.69, 9.17) is 14.9 Å². The predicted octanol–water partition coefficient (Wildman–Crippen LogP) is 4.14. The van der Waals surface area contributed by atoms with Crippen LogP contribution in [0.25, 0.3) is 21.9 Å². The molecule has 3 rings (SSSR count). The molecule has 1 aromatic heterocycles. The number of benzene rings is 2. The van der Waals surface area contributed by atoms with Gasteiger partial charge in [0, 0.05) is 11.9 Å². The number of para-hydroxylation sites is 1. The minimum Gasteiger partial charge on any atom is -0.494 e. The van der Waals surface area contributed by atoms with E-state index in [9.17, 15) is 0 Å². The molecule has 1 heterocycles. The quantitative estimate of drug-likeness (QED) is 0.644. The monoisotopic (exact) mass is 298 g/mol. The molecule has 2 aromatic carbocycles. The average molecular weight is 298 g/mol. The van der Waals surface area contributed by atoms with Crippen LogP contribution >= 0.6 is 0 Å². The zero-order valence-corrected chi connectivity index (χ0v) is 12.9. The fourth-order valence-corrected chi connectivity index (χ4v) is 2.81. The van der Waals surface area contributed by atoms with Crippen molar-refractivity contribution in [1.29, 1.82) is 0 Å². The second-order valence-electron chi connectivity index (χ2n) is 5.39. The summed E-state index contributed by atoms with van der Waals surface area (Å²) < 4.78 is 11.5. The molecular formula is C18H22N2O2. The molecule has 0 amide bonds. The van der Waals surface area contributed by atoms with E-state index in [0.29, 0.717) is 0 Å². The molecule has 3 aromatic rings. The predicted molar refractivity (Wildman–Crippen MR) is 91.7 cm³/mol. The maximum atomic E-state index is 5.89. The molecule has 0 radical (unpaired) electrons. The van der Waals surface area contributed by atoms with Crippen LogP contribution in [0.3, 0.4) is 0 Å². The van der Waals surface area contributed by atoms with Crippen molar-refractivity contribution >= 4 is 27.6 Å². The van der Waals surface area contributed by atoms with E-state index in [2.05, 4.69) is 11.4 Å². The SMILES string of the molecule is COc1c(NCCCCCN)ccc2oc3ccccc3c12. The molecule has 0 saturated carbocycles. The number of nitrogens with two attached hydrogens (primary N) is 1. The van der Waals surface area contributed by atoms with Crippen LogP contribution in [-0.2, 0) is 0 Å². The second kappa shape index (κ2) is 6.71. The third-order valence-electron chi connectivity index (χ3n) is 3.90. The first kappa shape index (κ1) is 14.7. The summed E-state index contributed by atoms with van der Waals surface area (Å²) in [5.74, 6) is 0.848. The molecule has 0 fully saturated rings. The van der Waals surface area contributed by atoms with Crippen molar-refractivity contribution in [3.63, 3.8) is 0 Å². The number of ether oxygens (including phenoxy) is 1. The first-order valence-electron chi connectivity index (χ1n) is 7.77. The van der Waals surface area contributed by atoms with Crippen molar-refractivity contribution in [2.45, 2.75) is 19.3 Å². The lowest BCUT2D eigenvalue weighted by atomic mass is 10.1. The maximum absolute atomic E-state index is 5.89. The van der Waals surface area contributed by atoms with Crippen LogP contribution in [0.2, 0.25) is 0 Å². The summed E-state index contributed by atoms with van der Waals surface area (Å²) in [4.78, 5) is 0. The lowest BCUT2D eigenvalue weighted by molar-refractivity contribution is 0.421. The van der Waals surface area contributed by atoms with Crippen molar-refractivity contribution in [2.24, 2.45) is 5.73 Å². The minimum atomic E-state index is 0.760. The molecule has 22 heavy (non-hydrogen) atoms. The third-order valence-corrected chi connectivity index (χ3v) is 3.90. The van der Waals surface area contributed by atoms with Crippen LogP contribution in [0.4, 0.5) is 5.69 Å². The second-order valence-corrected chi connectivity index (χ2v) is 5.39. The largest absolute Gasteiger partial charge is 0.494 e. The number of hydrogen-bond acceptors (Lipinski definition) is 4. The van der Waals surface area contributed by atoms with Gasteiger partial charge in [0.25, 0.3) is 0 Å². The Morgan fingerprint density at radius 2 is 1.91 bits per heavy atom. The van der Waals surface area contributed by atoms with Gasteiger partial charge in [-0.1, -0.05) is 24.6 Å². The van der Waals surface area contributed by atoms with E-state index >= 15 is 0 Å². The highest BCUT2D eigenvalue weighted by molar-refractivity contribution is 6.10. The highest BCUT2D eigenvalue weighted by Crippen LogP contribution is 2.40. The standard InChI is InChI=1S/C18H22N2O2/c1-21-18-14(20-12-6-2-5-11-19)9-10-16-17(18)13-7-3-4-8-15(13)22-16/h3-4,7-10,20H,2,5-6,11-12,19H2,1H3. The molecule has 0 atom stereocenters. The minimum absolute atomic E-state index is 0.760. The lowest BCUT2D eigenvalue weighted by Crippen LogP contribution is -2.05. The van der Waals surface area contributed by atoms with E-state index < -0.39 is 0 Å². The van der Waals surface area contributed by atoms with Gasteiger partial charge >= 0.3 is 0 Å². The summed E-state index contributed by atoms with van der Waals surface area (Å²) in [7, 11) is 1.70. The van der Waals surface area contributed by atoms with Crippen molar-refractivity contribution in [3.8, 4) is 5.75 Å². The topological polar surface area (TPSA) is 60.4 Å². The lowest BCUT2D eigenvalue weighted by Gasteiger charge is -2.12. The molecule has 0 spiro atoms. The van der Waals surface area contributed by atoms with Gasteiger partial charge < -0.3 is 20.2 Å². The number of anilines is 1. The molecule has 0 aliphatic carbocycles. The maximum Gasteiger partial charge on any atom is 0.153 e. The van der Waals surface area contributed by atoms with Crippen LogP contribution in [0, 0.1) is 0 Å². The Bertz CT molecular complexity index is 764. The highest BCUT2D eigenvalue weighted by Gasteiger charge is 2.14. The van der Waals surface area contributed by atoms with Gasteiger partial charge in [-0.2, -0.15) is 0 Å². The summed E-state index contributed by atoms with van der Waals surface area (Å²) >= 11 is 0. The van der Waals surface area contributed by atoms with E-state index in [1.54, 1.807) is 7.11 Å². The Kier molecular flexibility index (Phi) is 4.49. The fourth-order valence-electron chi connectivity index (χ4n) is 2.81. The number of fused-ring (bicyclic) bond motifs is 3. The van der Waals surface area contributed by atoms with Gasteiger partial charge in [0.05, 0.1) is 18.2 Å². The summed E-state index contributed by atoms with van der Waals surface area (Å²) in [6.45, 7) is 1.67. The molecule has 116 valence electrons. The van der Waals surface area contributed by atoms with Gasteiger partial charge in [-0.15, -0.1) is 0 Å². The molecule has 3 N–H and O–H groups in total. The number of unbranched alkanes of at least 4 members (excludes halogenated alkanes) is 2. The van der Waals surface area contributed by atoms with Crippen LogP contribution in [0.15, 0.2) is 40.8 Å². The van der Waals surface area contributed by atoms with Crippen molar-refractivity contribution in [3.05, 3.63) is 36.4 Å². The van der Waals surface area contributed by atoms with Crippen LogP contribution in [0.5, 0.6) is 5.75 Å². The van der Waals surface area contributed by atoms with Crippen molar-refractivity contribution in [2.75, 3.05) is 25.5 Å². The Labute approximate surface area is 130 Å². The smallest absolute Gasteiger partial charge is 0.153 e. The molecule has 0 bridgehead atoms. The van der Waals surface area contributed by atoms with E-state index in [0.717, 1.165) is 65.7 Å². The Morgan fingerprint density at radius 1 is 1.05 bits per heavy atom. The average Bonchev–Trinajstić information content (AvgIpc) is 2.93. The summed E-state index contributed by atoms with van der Waals surface area (Å²) in [6, 6.07) is 12.1. The first-order chi connectivity index (χ1) is 10.8. The van der Waals surface area contributed by atoms with Crippen LogP contribution in [0.1, 0.15) is 19.3 Å². The summed E-state index contributed by atoms with van der Waals surface area (Å²) in [5.41, 5.74) is 8.27. The normalized spacial score (nSPS) is 11.2.